The topological polar surface area (TPSA) is 29.5 Å². The minimum Gasteiger partial charge on any atom is -0.442 e. The molecule has 0 aliphatic carbocycles. The van der Waals surface area contributed by atoms with Crippen LogP contribution in [0.5, 0.6) is 0 Å². The van der Waals surface area contributed by atoms with Crippen molar-refractivity contribution in [2.24, 2.45) is 0 Å². The van der Waals surface area contributed by atoms with Gasteiger partial charge in [0.25, 0.3) is 0 Å². The van der Waals surface area contributed by atoms with Crippen molar-refractivity contribution < 1.29 is 9.53 Å². The number of anilines is 2. The van der Waals surface area contributed by atoms with E-state index in [4.69, 9.17) is 27.9 Å². The Balaban J connectivity index is 2.48. The summed E-state index contributed by atoms with van der Waals surface area (Å²) in [5.41, 5.74) is 1.21. The fraction of sp³-hybridized carbons (Fsp3) is 0.0667. The Morgan fingerprint density at radius 2 is 1.65 bits per heavy atom. The molecule has 0 aromatic heterocycles. The summed E-state index contributed by atoms with van der Waals surface area (Å²) in [6, 6.07) is 14.0. The van der Waals surface area contributed by atoms with Crippen molar-refractivity contribution in [2.75, 3.05) is 4.90 Å². The first-order chi connectivity index (χ1) is 9.61. The van der Waals surface area contributed by atoms with Crippen LogP contribution >= 0.6 is 23.2 Å². The Bertz CT molecular complexity index is 582. The van der Waals surface area contributed by atoms with Crippen LogP contribution in [0.25, 0.3) is 0 Å². The second kappa shape index (κ2) is 6.64. The first-order valence-corrected chi connectivity index (χ1v) is 6.67. The van der Waals surface area contributed by atoms with Gasteiger partial charge in [-0.2, -0.15) is 0 Å². The van der Waals surface area contributed by atoms with Gasteiger partial charge < -0.3 is 4.74 Å². The Kier molecular flexibility index (Phi) is 4.88. The molecule has 0 bridgehead atoms. The quantitative estimate of drug-likeness (QED) is 0.754. The summed E-state index contributed by atoms with van der Waals surface area (Å²) in [7, 11) is 0. The smallest absolute Gasteiger partial charge is 0.419 e. The zero-order valence-corrected chi connectivity index (χ0v) is 12.2. The normalized spacial score (nSPS) is 10.2. The van der Waals surface area contributed by atoms with Gasteiger partial charge in [0.1, 0.15) is 6.61 Å². The summed E-state index contributed by atoms with van der Waals surface area (Å²) < 4.78 is 4.97. The van der Waals surface area contributed by atoms with Crippen molar-refractivity contribution in [1.29, 1.82) is 0 Å². The maximum absolute atomic E-state index is 12.2. The number of nitrogens with zero attached hydrogens (tertiary/aromatic N) is 1. The zero-order chi connectivity index (χ0) is 14.5. The molecule has 5 heteroatoms. The first kappa shape index (κ1) is 14.7. The largest absolute Gasteiger partial charge is 0.442 e. The number of para-hydroxylation sites is 1. The zero-order valence-electron chi connectivity index (χ0n) is 10.7. The average Bonchev–Trinajstić information content (AvgIpc) is 2.39. The van der Waals surface area contributed by atoms with Gasteiger partial charge in [0.05, 0.1) is 11.4 Å². The van der Waals surface area contributed by atoms with E-state index >= 15 is 0 Å². The van der Waals surface area contributed by atoms with E-state index in [9.17, 15) is 4.79 Å². The summed E-state index contributed by atoms with van der Waals surface area (Å²) in [6.07, 6.45) is -0.531. The molecule has 0 aliphatic rings. The highest BCUT2D eigenvalue weighted by atomic mass is 35.5. The van der Waals surface area contributed by atoms with Crippen LogP contribution in [0.2, 0.25) is 10.0 Å². The Hall–Kier alpha value is -1.71. The summed E-state index contributed by atoms with van der Waals surface area (Å²) in [5.74, 6) is 0. The standard InChI is InChI=1S/C15H12Cl2NO2/c1-2-20-15(19)18(13-6-4-3-5-7-13)14-9-11(16)8-12(17)10-14/h2-10H,1H3. The molecule has 2 aromatic carbocycles. The van der Waals surface area contributed by atoms with Crippen molar-refractivity contribution in [1.82, 2.24) is 0 Å². The van der Waals surface area contributed by atoms with Crippen LogP contribution < -0.4 is 4.90 Å². The van der Waals surface area contributed by atoms with Crippen molar-refractivity contribution in [3.63, 3.8) is 0 Å². The van der Waals surface area contributed by atoms with Crippen molar-refractivity contribution in [2.45, 2.75) is 6.92 Å². The predicted octanol–water partition coefficient (Wildman–Crippen LogP) is 5.45. The molecule has 2 rings (SSSR count). The van der Waals surface area contributed by atoms with E-state index in [1.807, 2.05) is 18.2 Å². The monoisotopic (exact) mass is 308 g/mol. The highest BCUT2D eigenvalue weighted by Crippen LogP contribution is 2.31. The van der Waals surface area contributed by atoms with Crippen molar-refractivity contribution in [3.8, 4) is 0 Å². The summed E-state index contributed by atoms with van der Waals surface area (Å²) in [4.78, 5) is 13.6. The van der Waals surface area contributed by atoms with Crippen LogP contribution in [0.15, 0.2) is 48.5 Å². The molecule has 0 unspecified atom stereocenters. The van der Waals surface area contributed by atoms with Crippen molar-refractivity contribution in [3.05, 3.63) is 65.2 Å². The van der Waals surface area contributed by atoms with Gasteiger partial charge in [0, 0.05) is 10.0 Å². The minimum atomic E-state index is -0.531. The molecule has 103 valence electrons. The molecule has 0 N–H and O–H groups in total. The minimum absolute atomic E-state index is 0.446. The van der Waals surface area contributed by atoms with Gasteiger partial charge in [0.2, 0.25) is 0 Å². The van der Waals surface area contributed by atoms with Crippen LogP contribution in [-0.4, -0.2) is 6.09 Å². The van der Waals surface area contributed by atoms with E-state index in [0.29, 0.717) is 21.4 Å². The van der Waals surface area contributed by atoms with E-state index in [2.05, 4.69) is 0 Å². The number of benzene rings is 2. The maximum Gasteiger partial charge on any atom is 0.419 e. The molecule has 20 heavy (non-hydrogen) atoms. The van der Waals surface area contributed by atoms with Crippen molar-refractivity contribution >= 4 is 40.7 Å². The fourth-order valence-electron chi connectivity index (χ4n) is 1.76. The lowest BCUT2D eigenvalue weighted by atomic mass is 10.2. The molecule has 0 fully saturated rings. The molecule has 0 aliphatic heterocycles. The van der Waals surface area contributed by atoms with Gasteiger partial charge in [-0.3, -0.25) is 0 Å². The molecule has 3 nitrogen and oxygen atoms in total. The molecule has 0 saturated carbocycles. The molecule has 0 spiro atoms. The van der Waals surface area contributed by atoms with Gasteiger partial charge >= 0.3 is 6.09 Å². The third kappa shape index (κ3) is 3.44. The van der Waals surface area contributed by atoms with Crippen LogP contribution in [0.3, 0.4) is 0 Å². The lowest BCUT2D eigenvalue weighted by molar-refractivity contribution is 0.183. The highest BCUT2D eigenvalue weighted by molar-refractivity contribution is 6.35. The second-order valence-corrected chi connectivity index (χ2v) is 4.79. The lowest BCUT2D eigenvalue weighted by Crippen LogP contribution is -2.25. The van der Waals surface area contributed by atoms with Crippen LogP contribution in [-0.2, 0) is 4.74 Å². The predicted molar refractivity (Wildman–Crippen MR) is 81.5 cm³/mol. The van der Waals surface area contributed by atoms with E-state index in [1.165, 1.54) is 11.5 Å². The third-order valence-corrected chi connectivity index (χ3v) is 2.96. The number of amides is 1. The molecule has 2 aromatic rings. The van der Waals surface area contributed by atoms with E-state index in [1.54, 1.807) is 37.3 Å². The Morgan fingerprint density at radius 3 is 2.20 bits per heavy atom. The lowest BCUT2D eigenvalue weighted by Gasteiger charge is -2.22. The molecule has 0 atom stereocenters. The average molecular weight is 309 g/mol. The molecular formula is C15H12Cl2NO2. The summed E-state index contributed by atoms with van der Waals surface area (Å²) in [5, 5.41) is 0.892. The molecule has 1 amide bonds. The first-order valence-electron chi connectivity index (χ1n) is 5.91. The Labute approximate surface area is 127 Å². The van der Waals surface area contributed by atoms with Gasteiger partial charge in [-0.25, -0.2) is 9.69 Å². The van der Waals surface area contributed by atoms with Gasteiger partial charge in [0.15, 0.2) is 0 Å². The number of halogens is 2. The number of ether oxygens (including phenoxy) is 1. The van der Waals surface area contributed by atoms with Gasteiger partial charge in [-0.05, 0) is 37.3 Å². The van der Waals surface area contributed by atoms with Gasteiger partial charge in [-0.1, -0.05) is 41.4 Å². The summed E-state index contributed by atoms with van der Waals surface area (Å²) >= 11 is 12.0. The van der Waals surface area contributed by atoms with Crippen LogP contribution in [0.1, 0.15) is 6.92 Å². The molecule has 0 heterocycles. The molecular weight excluding hydrogens is 297 g/mol. The van der Waals surface area contributed by atoms with Gasteiger partial charge in [-0.15, -0.1) is 0 Å². The number of rotatable bonds is 3. The van der Waals surface area contributed by atoms with E-state index in [0.717, 1.165) is 0 Å². The van der Waals surface area contributed by atoms with E-state index in [-0.39, 0.29) is 0 Å². The highest BCUT2D eigenvalue weighted by Gasteiger charge is 2.20. The number of hydrogen-bond donors (Lipinski definition) is 0. The SMILES string of the molecule is C[CH]OC(=O)N(c1ccccc1)c1cc(Cl)cc(Cl)c1. The molecule has 0 saturated heterocycles. The molecule has 1 radical (unpaired) electrons. The van der Waals surface area contributed by atoms with Crippen LogP contribution in [0, 0.1) is 6.61 Å². The summed E-state index contributed by atoms with van der Waals surface area (Å²) in [6.45, 7) is 2.95. The number of carbonyl (C=O) groups is 1. The number of hydrogen-bond acceptors (Lipinski definition) is 2. The van der Waals surface area contributed by atoms with E-state index < -0.39 is 6.09 Å². The second-order valence-electron chi connectivity index (χ2n) is 3.92. The number of carbonyl (C=O) groups excluding carboxylic acids is 1. The fourth-order valence-corrected chi connectivity index (χ4v) is 2.27. The Morgan fingerprint density at radius 1 is 1.05 bits per heavy atom. The third-order valence-electron chi connectivity index (χ3n) is 2.52. The maximum atomic E-state index is 12.2. The van der Waals surface area contributed by atoms with Crippen LogP contribution in [0.4, 0.5) is 16.2 Å².